The number of hydrogen-bond acceptors (Lipinski definition) is 2. The average molecular weight is 344 g/mol. The number of piperidine rings is 1. The predicted octanol–water partition coefficient (Wildman–Crippen LogP) is 4.88. The highest BCUT2D eigenvalue weighted by Crippen LogP contribution is 2.34. The van der Waals surface area contributed by atoms with Crippen LogP contribution in [0.2, 0.25) is 0 Å². The van der Waals surface area contributed by atoms with Gasteiger partial charge in [-0.25, -0.2) is 0 Å². The van der Waals surface area contributed by atoms with Gasteiger partial charge >= 0.3 is 6.18 Å². The number of alkyl halides is 3. The largest absolute Gasteiger partial charge is 0.391 e. The number of nitrogens with one attached hydrogen (secondary N) is 1. The molecule has 1 heterocycles. The number of benzene rings is 1. The van der Waals surface area contributed by atoms with Gasteiger partial charge in [0.15, 0.2) is 0 Å². The van der Waals surface area contributed by atoms with Crippen molar-refractivity contribution < 1.29 is 13.2 Å². The molecule has 2 nitrogen and oxygen atoms in total. The van der Waals surface area contributed by atoms with Crippen molar-refractivity contribution in [2.24, 2.45) is 11.8 Å². The Kier molecular flexibility index (Phi) is 8.78. The van der Waals surface area contributed by atoms with Crippen LogP contribution >= 0.6 is 0 Å². The van der Waals surface area contributed by atoms with Crippen molar-refractivity contribution in [2.45, 2.75) is 45.8 Å². The summed E-state index contributed by atoms with van der Waals surface area (Å²) in [6, 6.07) is 10.4. The monoisotopic (exact) mass is 344 g/mol. The van der Waals surface area contributed by atoms with E-state index in [1.807, 2.05) is 39.1 Å². The number of nitrogens with zero attached hydrogens (tertiary/aromatic N) is 1. The summed E-state index contributed by atoms with van der Waals surface area (Å²) in [6.07, 6.45) is -3.58. The lowest BCUT2D eigenvalue weighted by Gasteiger charge is -2.36. The molecule has 0 bridgehead atoms. The van der Waals surface area contributed by atoms with Gasteiger partial charge in [0.25, 0.3) is 0 Å². The first kappa shape index (κ1) is 21.0. The van der Waals surface area contributed by atoms with E-state index in [-0.39, 0.29) is 18.9 Å². The highest BCUT2D eigenvalue weighted by Gasteiger charge is 2.41. The summed E-state index contributed by atoms with van der Waals surface area (Å²) < 4.78 is 38.1. The van der Waals surface area contributed by atoms with Crippen LogP contribution < -0.4 is 5.32 Å². The van der Waals surface area contributed by atoms with E-state index in [0.29, 0.717) is 19.0 Å². The maximum atomic E-state index is 12.7. The molecule has 24 heavy (non-hydrogen) atoms. The van der Waals surface area contributed by atoms with Crippen LogP contribution in [0.3, 0.4) is 0 Å². The van der Waals surface area contributed by atoms with Gasteiger partial charge in [-0.3, -0.25) is 0 Å². The second-order valence-corrected chi connectivity index (χ2v) is 6.27. The van der Waals surface area contributed by atoms with Gasteiger partial charge in [0.05, 0.1) is 5.92 Å². The van der Waals surface area contributed by atoms with Crippen molar-refractivity contribution in [3.05, 3.63) is 35.9 Å². The molecule has 1 aliphatic heterocycles. The lowest BCUT2D eigenvalue weighted by Crippen LogP contribution is -2.42. The smallest absolute Gasteiger partial charge is 0.313 e. The summed E-state index contributed by atoms with van der Waals surface area (Å²) in [5, 5.41) is 3.33. The first-order valence-electron chi connectivity index (χ1n) is 8.93. The summed E-state index contributed by atoms with van der Waals surface area (Å²) in [4.78, 5) is 2.17. The van der Waals surface area contributed by atoms with Gasteiger partial charge in [-0.15, -0.1) is 0 Å². The van der Waals surface area contributed by atoms with Gasteiger partial charge in [-0.1, -0.05) is 51.1 Å². The Morgan fingerprint density at radius 3 is 2.12 bits per heavy atom. The van der Waals surface area contributed by atoms with Crippen molar-refractivity contribution in [1.29, 1.82) is 0 Å². The quantitative estimate of drug-likeness (QED) is 0.819. The third-order valence-electron chi connectivity index (χ3n) is 4.64. The molecule has 1 unspecified atom stereocenters. The predicted molar refractivity (Wildman–Crippen MR) is 94.0 cm³/mol. The summed E-state index contributed by atoms with van der Waals surface area (Å²) in [5.41, 5.74) is 1.22. The summed E-state index contributed by atoms with van der Waals surface area (Å²) in [6.45, 7) is 8.06. The van der Waals surface area contributed by atoms with Crippen molar-refractivity contribution in [3.63, 3.8) is 0 Å². The molecule has 1 N–H and O–H groups in total. The van der Waals surface area contributed by atoms with Crippen LogP contribution in [-0.2, 0) is 0 Å². The molecule has 0 aromatic heterocycles. The highest BCUT2D eigenvalue weighted by atomic mass is 19.4. The molecule has 1 aromatic carbocycles. The fourth-order valence-corrected chi connectivity index (χ4v) is 3.40. The summed E-state index contributed by atoms with van der Waals surface area (Å²) in [7, 11) is 1.93. The van der Waals surface area contributed by atoms with Gasteiger partial charge in [-0.05, 0) is 44.5 Å². The Morgan fingerprint density at radius 1 is 1.12 bits per heavy atom. The van der Waals surface area contributed by atoms with Crippen LogP contribution in [0.25, 0.3) is 0 Å². The summed E-state index contributed by atoms with van der Waals surface area (Å²) >= 11 is 0. The molecule has 0 saturated carbocycles. The SMILES string of the molecule is CC.CNC(c1ccccc1)[C@@H](C)CN1CCC(C(F)(F)F)CC1. The van der Waals surface area contributed by atoms with Gasteiger partial charge < -0.3 is 10.2 Å². The Balaban J connectivity index is 0.00000139. The van der Waals surface area contributed by atoms with E-state index in [1.54, 1.807) is 0 Å². The maximum absolute atomic E-state index is 12.7. The molecule has 0 amide bonds. The van der Waals surface area contributed by atoms with E-state index in [2.05, 4.69) is 29.3 Å². The van der Waals surface area contributed by atoms with E-state index in [1.165, 1.54) is 5.56 Å². The van der Waals surface area contributed by atoms with Crippen molar-refractivity contribution in [1.82, 2.24) is 10.2 Å². The molecule has 2 rings (SSSR count). The lowest BCUT2D eigenvalue weighted by molar-refractivity contribution is -0.185. The minimum Gasteiger partial charge on any atom is -0.313 e. The van der Waals surface area contributed by atoms with Crippen molar-refractivity contribution in [2.75, 3.05) is 26.7 Å². The fraction of sp³-hybridized carbons (Fsp3) is 0.684. The molecule has 1 aliphatic rings. The second kappa shape index (κ2) is 10.0. The molecule has 0 spiro atoms. The number of likely N-dealkylation sites (tertiary alicyclic amines) is 1. The third kappa shape index (κ3) is 6.10. The van der Waals surface area contributed by atoms with Crippen molar-refractivity contribution >= 4 is 0 Å². The fourth-order valence-electron chi connectivity index (χ4n) is 3.40. The van der Waals surface area contributed by atoms with E-state index in [4.69, 9.17) is 0 Å². The Bertz CT molecular complexity index is 440. The zero-order valence-corrected chi connectivity index (χ0v) is 15.2. The molecular weight excluding hydrogens is 313 g/mol. The minimum absolute atomic E-state index is 0.224. The molecule has 2 atom stereocenters. The Morgan fingerprint density at radius 2 is 1.67 bits per heavy atom. The number of rotatable bonds is 5. The number of halogens is 3. The molecule has 0 radical (unpaired) electrons. The van der Waals surface area contributed by atoms with Crippen LogP contribution in [0.1, 0.15) is 45.2 Å². The molecular formula is C19H31F3N2. The topological polar surface area (TPSA) is 15.3 Å². The van der Waals surface area contributed by atoms with Gasteiger partial charge in [-0.2, -0.15) is 13.2 Å². The van der Waals surface area contributed by atoms with Gasteiger partial charge in [0, 0.05) is 12.6 Å². The second-order valence-electron chi connectivity index (χ2n) is 6.27. The van der Waals surface area contributed by atoms with Crippen LogP contribution in [0.5, 0.6) is 0 Å². The molecule has 5 heteroatoms. The first-order chi connectivity index (χ1) is 11.4. The molecule has 0 aliphatic carbocycles. The first-order valence-corrected chi connectivity index (χ1v) is 8.93. The molecule has 138 valence electrons. The Labute approximate surface area is 144 Å². The third-order valence-corrected chi connectivity index (χ3v) is 4.64. The van der Waals surface area contributed by atoms with E-state index in [9.17, 15) is 13.2 Å². The van der Waals surface area contributed by atoms with E-state index < -0.39 is 12.1 Å². The molecule has 1 saturated heterocycles. The van der Waals surface area contributed by atoms with Gasteiger partial charge in [0.2, 0.25) is 0 Å². The van der Waals surface area contributed by atoms with E-state index >= 15 is 0 Å². The van der Waals surface area contributed by atoms with E-state index in [0.717, 1.165) is 6.54 Å². The lowest BCUT2D eigenvalue weighted by atomic mass is 9.91. The normalized spacial score (nSPS) is 19.3. The van der Waals surface area contributed by atoms with Gasteiger partial charge in [0.1, 0.15) is 0 Å². The van der Waals surface area contributed by atoms with Crippen LogP contribution in [-0.4, -0.2) is 37.8 Å². The zero-order chi connectivity index (χ0) is 18.2. The molecule has 1 aromatic rings. The zero-order valence-electron chi connectivity index (χ0n) is 15.2. The standard InChI is InChI=1S/C17H25F3N2.C2H6/c1-13(16(21-2)14-6-4-3-5-7-14)12-22-10-8-15(9-11-22)17(18,19)20;1-2/h3-7,13,15-16,21H,8-12H2,1-2H3;1-2H3/t13-,16?;/m0./s1. The minimum atomic E-state index is -4.03. The highest BCUT2D eigenvalue weighted by molar-refractivity contribution is 5.19. The number of hydrogen-bond donors (Lipinski definition) is 1. The maximum Gasteiger partial charge on any atom is 0.391 e. The van der Waals surface area contributed by atoms with Crippen LogP contribution in [0.15, 0.2) is 30.3 Å². The van der Waals surface area contributed by atoms with Crippen molar-refractivity contribution in [3.8, 4) is 0 Å². The average Bonchev–Trinajstić information content (AvgIpc) is 2.58. The summed E-state index contributed by atoms with van der Waals surface area (Å²) in [5.74, 6) is -0.775. The van der Waals surface area contributed by atoms with Crippen LogP contribution in [0.4, 0.5) is 13.2 Å². The molecule has 1 fully saturated rings. The Hall–Kier alpha value is -1.07. The van der Waals surface area contributed by atoms with Crippen LogP contribution in [0, 0.1) is 11.8 Å².